The molecule has 0 heterocycles. The van der Waals surface area contributed by atoms with Crippen LogP contribution in [0.5, 0.6) is 11.5 Å². The topological polar surface area (TPSA) is 9.23 Å². The van der Waals surface area contributed by atoms with Gasteiger partial charge in [0.05, 0.1) is 0 Å². The van der Waals surface area contributed by atoms with Crippen molar-refractivity contribution < 1.29 is 4.74 Å². The predicted octanol–water partition coefficient (Wildman–Crippen LogP) is 8.68. The third-order valence-electron chi connectivity index (χ3n) is 6.42. The Morgan fingerprint density at radius 1 is 0.355 bits per heavy atom. The molecule has 7 aromatic rings. The summed E-state index contributed by atoms with van der Waals surface area (Å²) in [7, 11) is 0. The molecule has 0 saturated carbocycles. The lowest BCUT2D eigenvalue weighted by Crippen LogP contribution is -1.90. The fourth-order valence-corrected chi connectivity index (χ4v) is 4.94. The molecule has 0 saturated heterocycles. The van der Waals surface area contributed by atoms with Crippen LogP contribution in [-0.4, -0.2) is 0 Å². The second kappa shape index (κ2) is 6.20. The Labute approximate surface area is 179 Å². The molecule has 0 radical (unpaired) electrons. The van der Waals surface area contributed by atoms with E-state index in [-0.39, 0.29) is 0 Å². The molecule has 144 valence electrons. The Balaban J connectivity index is 1.48. The molecule has 0 fully saturated rings. The van der Waals surface area contributed by atoms with Gasteiger partial charge in [-0.1, -0.05) is 78.9 Å². The van der Waals surface area contributed by atoms with Crippen LogP contribution >= 0.6 is 0 Å². The van der Waals surface area contributed by atoms with Gasteiger partial charge < -0.3 is 4.74 Å². The Kier molecular flexibility index (Phi) is 3.33. The Bertz CT molecular complexity index is 1740. The van der Waals surface area contributed by atoms with Crippen molar-refractivity contribution >= 4 is 53.9 Å². The fourth-order valence-electron chi connectivity index (χ4n) is 4.94. The Morgan fingerprint density at radius 3 is 1.77 bits per heavy atom. The first-order valence-electron chi connectivity index (χ1n) is 10.6. The third-order valence-corrected chi connectivity index (χ3v) is 6.42. The van der Waals surface area contributed by atoms with E-state index in [4.69, 9.17) is 4.74 Å². The minimum absolute atomic E-state index is 0.887. The molecule has 0 aliphatic heterocycles. The number of hydrogen-bond acceptors (Lipinski definition) is 1. The van der Waals surface area contributed by atoms with Gasteiger partial charge in [0.25, 0.3) is 0 Å². The van der Waals surface area contributed by atoms with Crippen LogP contribution in [0.1, 0.15) is 0 Å². The largest absolute Gasteiger partial charge is 0.456 e. The summed E-state index contributed by atoms with van der Waals surface area (Å²) in [6.45, 7) is 0. The number of hydrogen-bond donors (Lipinski definition) is 0. The van der Waals surface area contributed by atoms with Gasteiger partial charge >= 0.3 is 0 Å². The average molecular weight is 394 g/mol. The third kappa shape index (κ3) is 2.44. The number of fused-ring (bicyclic) bond motifs is 2. The van der Waals surface area contributed by atoms with E-state index in [0.29, 0.717) is 0 Å². The Morgan fingerprint density at radius 2 is 0.935 bits per heavy atom. The molecule has 1 nitrogen and oxygen atoms in total. The van der Waals surface area contributed by atoms with Crippen molar-refractivity contribution in [3.63, 3.8) is 0 Å². The summed E-state index contributed by atoms with van der Waals surface area (Å²) in [6.07, 6.45) is 0. The zero-order valence-corrected chi connectivity index (χ0v) is 16.8. The second-order valence-corrected chi connectivity index (χ2v) is 8.20. The summed E-state index contributed by atoms with van der Waals surface area (Å²) < 4.78 is 6.60. The van der Waals surface area contributed by atoms with Gasteiger partial charge in [-0.15, -0.1) is 0 Å². The molecule has 7 rings (SSSR count). The van der Waals surface area contributed by atoms with E-state index in [9.17, 15) is 0 Å². The van der Waals surface area contributed by atoms with Crippen LogP contribution in [0.2, 0.25) is 0 Å². The summed E-state index contributed by atoms with van der Waals surface area (Å²) in [5.74, 6) is 1.78. The molecule has 0 bridgehead atoms. The second-order valence-electron chi connectivity index (χ2n) is 8.20. The SMILES string of the molecule is c1ccc2cc3c(Oc4ccc5ccc6cccc7ccc4c5c67)cccc3cc2c1. The highest BCUT2D eigenvalue weighted by Crippen LogP contribution is 2.41. The molecule has 31 heavy (non-hydrogen) atoms. The van der Waals surface area contributed by atoms with Crippen molar-refractivity contribution in [3.05, 3.63) is 109 Å². The fraction of sp³-hybridized carbons (Fsp3) is 0. The van der Waals surface area contributed by atoms with E-state index in [1.165, 1.54) is 43.1 Å². The standard InChI is InChI=1S/C30H18O/c1-2-6-23-18-26-24(17-22(23)5-1)9-4-10-27(26)31-28-16-14-21-12-11-19-7-3-8-20-13-15-25(28)30(21)29(19)20/h1-18H. The zero-order valence-electron chi connectivity index (χ0n) is 16.8. The van der Waals surface area contributed by atoms with Crippen molar-refractivity contribution in [2.24, 2.45) is 0 Å². The molecule has 0 aliphatic carbocycles. The molecule has 0 aromatic heterocycles. The van der Waals surface area contributed by atoms with Crippen LogP contribution in [0, 0.1) is 0 Å². The maximum Gasteiger partial charge on any atom is 0.135 e. The van der Waals surface area contributed by atoms with Crippen LogP contribution in [0.4, 0.5) is 0 Å². The number of ether oxygens (including phenoxy) is 1. The van der Waals surface area contributed by atoms with Gasteiger partial charge in [-0.25, -0.2) is 0 Å². The van der Waals surface area contributed by atoms with Gasteiger partial charge in [0.2, 0.25) is 0 Å². The van der Waals surface area contributed by atoms with Crippen molar-refractivity contribution in [2.75, 3.05) is 0 Å². The van der Waals surface area contributed by atoms with Gasteiger partial charge in [0.1, 0.15) is 11.5 Å². The molecule has 0 atom stereocenters. The van der Waals surface area contributed by atoms with Crippen LogP contribution < -0.4 is 4.74 Å². The van der Waals surface area contributed by atoms with Crippen LogP contribution in [0.3, 0.4) is 0 Å². The lowest BCUT2D eigenvalue weighted by molar-refractivity contribution is 0.494. The zero-order chi connectivity index (χ0) is 20.4. The summed E-state index contributed by atoms with van der Waals surface area (Å²) in [5, 5.41) is 12.3. The molecule has 0 amide bonds. The van der Waals surface area contributed by atoms with Crippen molar-refractivity contribution in [1.82, 2.24) is 0 Å². The van der Waals surface area contributed by atoms with E-state index in [1.54, 1.807) is 0 Å². The molecular weight excluding hydrogens is 376 g/mol. The van der Waals surface area contributed by atoms with Crippen LogP contribution in [-0.2, 0) is 0 Å². The molecule has 0 N–H and O–H groups in total. The van der Waals surface area contributed by atoms with Gasteiger partial charge in [-0.2, -0.15) is 0 Å². The van der Waals surface area contributed by atoms with Crippen molar-refractivity contribution in [3.8, 4) is 11.5 Å². The minimum atomic E-state index is 0.887. The van der Waals surface area contributed by atoms with Crippen LogP contribution in [0.25, 0.3) is 53.9 Å². The molecule has 0 unspecified atom stereocenters. The highest BCUT2D eigenvalue weighted by molar-refractivity contribution is 6.24. The van der Waals surface area contributed by atoms with Gasteiger partial charge in [0, 0.05) is 16.2 Å². The molecule has 0 spiro atoms. The van der Waals surface area contributed by atoms with Crippen LogP contribution in [0.15, 0.2) is 109 Å². The van der Waals surface area contributed by atoms with E-state index < -0.39 is 0 Å². The first-order valence-corrected chi connectivity index (χ1v) is 10.6. The lowest BCUT2D eigenvalue weighted by Gasteiger charge is -2.15. The lowest BCUT2D eigenvalue weighted by atomic mass is 9.94. The summed E-state index contributed by atoms with van der Waals surface area (Å²) in [4.78, 5) is 0. The molecule has 1 heteroatoms. The molecular formula is C30H18O. The summed E-state index contributed by atoms with van der Waals surface area (Å²) in [6, 6.07) is 38.8. The van der Waals surface area contributed by atoms with E-state index >= 15 is 0 Å². The predicted molar refractivity (Wildman–Crippen MR) is 132 cm³/mol. The quantitative estimate of drug-likeness (QED) is 0.210. The highest BCUT2D eigenvalue weighted by Gasteiger charge is 2.13. The van der Waals surface area contributed by atoms with E-state index in [1.807, 2.05) is 0 Å². The highest BCUT2D eigenvalue weighted by atomic mass is 16.5. The first-order chi connectivity index (χ1) is 15.3. The first kappa shape index (κ1) is 16.7. The molecule has 7 aromatic carbocycles. The smallest absolute Gasteiger partial charge is 0.135 e. The Hall–Kier alpha value is -4.10. The van der Waals surface area contributed by atoms with E-state index in [2.05, 4.69) is 109 Å². The minimum Gasteiger partial charge on any atom is -0.456 e. The molecule has 0 aliphatic rings. The van der Waals surface area contributed by atoms with Crippen molar-refractivity contribution in [2.45, 2.75) is 0 Å². The maximum absolute atomic E-state index is 6.60. The average Bonchev–Trinajstić information content (AvgIpc) is 2.82. The van der Waals surface area contributed by atoms with Crippen molar-refractivity contribution in [1.29, 1.82) is 0 Å². The number of benzene rings is 7. The van der Waals surface area contributed by atoms with Gasteiger partial charge in [-0.05, 0) is 68.0 Å². The van der Waals surface area contributed by atoms with E-state index in [0.717, 1.165) is 22.3 Å². The number of rotatable bonds is 2. The summed E-state index contributed by atoms with van der Waals surface area (Å²) in [5.41, 5.74) is 0. The normalized spacial score (nSPS) is 11.9. The maximum atomic E-state index is 6.60. The summed E-state index contributed by atoms with van der Waals surface area (Å²) >= 11 is 0. The van der Waals surface area contributed by atoms with Gasteiger partial charge in [0.15, 0.2) is 0 Å². The monoisotopic (exact) mass is 394 g/mol. The van der Waals surface area contributed by atoms with Gasteiger partial charge in [-0.3, -0.25) is 0 Å².